The van der Waals surface area contributed by atoms with Gasteiger partial charge in [-0.1, -0.05) is 30.3 Å². The fraction of sp³-hybridized carbons (Fsp3) is 0.130. The van der Waals surface area contributed by atoms with E-state index in [0.717, 1.165) is 16.2 Å². The van der Waals surface area contributed by atoms with Crippen molar-refractivity contribution in [1.29, 1.82) is 0 Å². The highest BCUT2D eigenvalue weighted by Gasteiger charge is 2.23. The van der Waals surface area contributed by atoms with Gasteiger partial charge >= 0.3 is 0 Å². The summed E-state index contributed by atoms with van der Waals surface area (Å²) in [7, 11) is 0. The quantitative estimate of drug-likeness (QED) is 0.631. The molecule has 3 aromatic rings. The van der Waals surface area contributed by atoms with Gasteiger partial charge in [-0.05, 0) is 55.0 Å². The molecule has 146 valence electrons. The second-order valence-corrected chi connectivity index (χ2v) is 8.10. The second-order valence-electron chi connectivity index (χ2n) is 6.71. The highest BCUT2D eigenvalue weighted by Crippen LogP contribution is 2.36. The molecule has 1 atom stereocenters. The lowest BCUT2D eigenvalue weighted by Gasteiger charge is -2.21. The van der Waals surface area contributed by atoms with Crippen molar-refractivity contribution in [3.05, 3.63) is 83.9 Å². The topological polar surface area (TPSA) is 67.4 Å². The fourth-order valence-electron chi connectivity index (χ4n) is 2.93. The summed E-state index contributed by atoms with van der Waals surface area (Å²) in [5, 5.41) is 5.59. The maximum absolute atomic E-state index is 12.6. The molecule has 0 aromatic heterocycles. The van der Waals surface area contributed by atoms with Crippen LogP contribution in [-0.2, 0) is 11.4 Å². The maximum Gasteiger partial charge on any atom is 0.255 e. The van der Waals surface area contributed by atoms with E-state index >= 15 is 0 Å². The Balaban J connectivity index is 1.38. The Kier molecular flexibility index (Phi) is 5.53. The van der Waals surface area contributed by atoms with Crippen molar-refractivity contribution in [2.24, 2.45) is 0 Å². The van der Waals surface area contributed by atoms with E-state index in [9.17, 15) is 9.59 Å². The number of fused-ring (bicyclic) bond motifs is 1. The fourth-order valence-corrected chi connectivity index (χ4v) is 3.86. The Morgan fingerprint density at radius 3 is 2.59 bits per heavy atom. The first-order valence-corrected chi connectivity index (χ1v) is 10.2. The predicted molar refractivity (Wildman–Crippen MR) is 116 cm³/mol. The van der Waals surface area contributed by atoms with E-state index in [1.54, 1.807) is 24.3 Å². The highest BCUT2D eigenvalue weighted by atomic mass is 32.2. The van der Waals surface area contributed by atoms with Gasteiger partial charge in [0, 0.05) is 16.1 Å². The van der Waals surface area contributed by atoms with E-state index in [2.05, 4.69) is 10.6 Å². The van der Waals surface area contributed by atoms with Crippen molar-refractivity contribution >= 4 is 35.0 Å². The average Bonchev–Trinajstić information content (AvgIpc) is 2.74. The van der Waals surface area contributed by atoms with Gasteiger partial charge < -0.3 is 15.4 Å². The second kappa shape index (κ2) is 8.41. The molecular weight excluding hydrogens is 384 g/mol. The lowest BCUT2D eigenvalue weighted by molar-refractivity contribution is -0.115. The number of carbonyl (C=O) groups is 2. The molecule has 1 unspecified atom stereocenters. The zero-order valence-corrected chi connectivity index (χ0v) is 16.7. The molecule has 5 nitrogen and oxygen atoms in total. The zero-order valence-electron chi connectivity index (χ0n) is 15.8. The van der Waals surface area contributed by atoms with E-state index in [4.69, 9.17) is 4.74 Å². The highest BCUT2D eigenvalue weighted by molar-refractivity contribution is 8.00. The molecule has 1 aliphatic rings. The third-order valence-electron chi connectivity index (χ3n) is 4.53. The van der Waals surface area contributed by atoms with Crippen LogP contribution in [0.2, 0.25) is 0 Å². The van der Waals surface area contributed by atoms with Gasteiger partial charge in [-0.25, -0.2) is 0 Å². The van der Waals surface area contributed by atoms with Crippen LogP contribution in [0.1, 0.15) is 22.8 Å². The normalized spacial score (nSPS) is 15.2. The SMILES string of the molecule is CC1Sc2ccc(C(=O)Nc3ccc(OCc4ccccc4)cc3)cc2NC1=O. The monoisotopic (exact) mass is 404 g/mol. The number of ether oxygens (including phenoxy) is 1. The molecule has 29 heavy (non-hydrogen) atoms. The van der Waals surface area contributed by atoms with Gasteiger partial charge in [0.15, 0.2) is 0 Å². The standard InChI is InChI=1S/C23H20N2O3S/c1-15-22(26)25-20-13-17(7-12-21(20)29-15)23(27)24-18-8-10-19(11-9-18)28-14-16-5-3-2-4-6-16/h2-13,15H,14H2,1H3,(H,24,27)(H,25,26). The molecule has 4 rings (SSSR count). The van der Waals surface area contributed by atoms with Crippen LogP contribution in [0.15, 0.2) is 77.7 Å². The number of hydrogen-bond donors (Lipinski definition) is 2. The third-order valence-corrected chi connectivity index (χ3v) is 5.71. The molecule has 0 spiro atoms. The molecular formula is C23H20N2O3S. The summed E-state index contributed by atoms with van der Waals surface area (Å²) in [5.41, 5.74) is 2.93. The van der Waals surface area contributed by atoms with Gasteiger partial charge in [0.2, 0.25) is 5.91 Å². The van der Waals surface area contributed by atoms with Crippen molar-refractivity contribution < 1.29 is 14.3 Å². The van der Waals surface area contributed by atoms with Crippen LogP contribution in [0.5, 0.6) is 5.75 Å². The number of hydrogen-bond acceptors (Lipinski definition) is 4. The Morgan fingerprint density at radius 1 is 1.07 bits per heavy atom. The van der Waals surface area contributed by atoms with Crippen molar-refractivity contribution in [1.82, 2.24) is 0 Å². The first-order valence-electron chi connectivity index (χ1n) is 9.28. The van der Waals surface area contributed by atoms with E-state index in [-0.39, 0.29) is 17.1 Å². The number of carbonyl (C=O) groups excluding carboxylic acids is 2. The van der Waals surface area contributed by atoms with Gasteiger partial charge in [-0.3, -0.25) is 9.59 Å². The maximum atomic E-state index is 12.6. The molecule has 2 N–H and O–H groups in total. The summed E-state index contributed by atoms with van der Waals surface area (Å²) in [4.78, 5) is 25.4. The third kappa shape index (κ3) is 4.60. The molecule has 0 bridgehead atoms. The molecule has 1 heterocycles. The Hall–Kier alpha value is -3.25. The van der Waals surface area contributed by atoms with Gasteiger partial charge in [0.05, 0.1) is 10.9 Å². The summed E-state index contributed by atoms with van der Waals surface area (Å²) in [6.07, 6.45) is 0. The molecule has 0 saturated heterocycles. The summed E-state index contributed by atoms with van der Waals surface area (Å²) in [6.45, 7) is 2.35. The first-order chi connectivity index (χ1) is 14.1. The molecule has 2 amide bonds. The molecule has 1 aliphatic heterocycles. The molecule has 0 aliphatic carbocycles. The number of nitrogens with one attached hydrogen (secondary N) is 2. The predicted octanol–water partition coefficient (Wildman–Crippen LogP) is 4.95. The number of anilines is 2. The number of benzene rings is 3. The van der Waals surface area contributed by atoms with Crippen LogP contribution in [0.25, 0.3) is 0 Å². The van der Waals surface area contributed by atoms with E-state index in [0.29, 0.717) is 23.5 Å². The van der Waals surface area contributed by atoms with E-state index < -0.39 is 0 Å². The van der Waals surface area contributed by atoms with Gasteiger partial charge in [-0.2, -0.15) is 0 Å². The van der Waals surface area contributed by atoms with Crippen molar-refractivity contribution in [3.8, 4) is 5.75 Å². The number of rotatable bonds is 5. The van der Waals surface area contributed by atoms with E-state index in [1.165, 1.54) is 11.8 Å². The average molecular weight is 404 g/mol. The molecule has 0 radical (unpaired) electrons. The van der Waals surface area contributed by atoms with E-state index in [1.807, 2.05) is 55.5 Å². The van der Waals surface area contributed by atoms with Crippen LogP contribution in [0.3, 0.4) is 0 Å². The Bertz CT molecular complexity index is 1040. The van der Waals surface area contributed by atoms with Crippen LogP contribution in [0, 0.1) is 0 Å². The van der Waals surface area contributed by atoms with Gasteiger partial charge in [-0.15, -0.1) is 11.8 Å². The van der Waals surface area contributed by atoms with Gasteiger partial charge in [0.1, 0.15) is 12.4 Å². The molecule has 0 fully saturated rings. The minimum absolute atomic E-state index is 0.0499. The van der Waals surface area contributed by atoms with Crippen LogP contribution >= 0.6 is 11.8 Å². The molecule has 0 saturated carbocycles. The smallest absolute Gasteiger partial charge is 0.255 e. The lowest BCUT2D eigenvalue weighted by Crippen LogP contribution is -2.26. The van der Waals surface area contributed by atoms with Crippen molar-refractivity contribution in [3.63, 3.8) is 0 Å². The molecule has 6 heteroatoms. The van der Waals surface area contributed by atoms with Gasteiger partial charge in [0.25, 0.3) is 5.91 Å². The van der Waals surface area contributed by atoms with Crippen LogP contribution < -0.4 is 15.4 Å². The van der Waals surface area contributed by atoms with Crippen LogP contribution in [-0.4, -0.2) is 17.1 Å². The summed E-state index contributed by atoms with van der Waals surface area (Å²) < 4.78 is 5.76. The Morgan fingerprint density at radius 2 is 1.83 bits per heavy atom. The van der Waals surface area contributed by atoms with Crippen LogP contribution in [0.4, 0.5) is 11.4 Å². The zero-order chi connectivity index (χ0) is 20.2. The first kappa shape index (κ1) is 19.1. The molecule has 3 aromatic carbocycles. The minimum atomic E-state index is -0.233. The van der Waals surface area contributed by atoms with Crippen molar-refractivity contribution in [2.75, 3.05) is 10.6 Å². The minimum Gasteiger partial charge on any atom is -0.489 e. The lowest BCUT2D eigenvalue weighted by atomic mass is 10.1. The van der Waals surface area contributed by atoms with Crippen molar-refractivity contribution in [2.45, 2.75) is 23.7 Å². The summed E-state index contributed by atoms with van der Waals surface area (Å²) in [5.74, 6) is 0.448. The Labute approximate surface area is 173 Å². The summed E-state index contributed by atoms with van der Waals surface area (Å²) >= 11 is 1.49. The number of amides is 2. The summed E-state index contributed by atoms with van der Waals surface area (Å²) in [6, 6.07) is 22.5. The largest absolute Gasteiger partial charge is 0.489 e. The number of thioether (sulfide) groups is 1.